The number of amides is 1. The number of hydrogen-bond donors (Lipinski definition) is 4. The average Bonchev–Trinajstić information content (AvgIpc) is 3.48. The van der Waals surface area contributed by atoms with E-state index in [1.165, 1.54) is 18.5 Å². The largest absolute Gasteiger partial charge is 0.506 e. The summed E-state index contributed by atoms with van der Waals surface area (Å²) >= 11 is 7.15. The van der Waals surface area contributed by atoms with Crippen molar-refractivity contribution in [1.82, 2.24) is 25.1 Å². The number of halogens is 1. The number of nitrogens with zero attached hydrogens (tertiary/aromatic N) is 3. The monoisotopic (exact) mass is 685 g/mol. The standard InChI is InChI=1S/C28H39ClN4O4S.C6H5NO2/c1-3-32(4-2)16-17-33(25(35)12-19-37-18-11-21-6-5-7-23(29)20-21)15-14-30-13-10-22-8-9-24(34)26-27(22)38-28(36)31-26;8-6(9)5-2-1-3-7-4-5/h5-9,20,30,34H,3-4,10-19H2,1-2H3,(H,31,36);1-4H,(H,8,9). The van der Waals surface area contributed by atoms with Crippen molar-refractivity contribution < 1.29 is 24.5 Å². The summed E-state index contributed by atoms with van der Waals surface area (Å²) in [4.78, 5) is 45.3. The molecule has 13 heteroatoms. The molecule has 47 heavy (non-hydrogen) atoms. The van der Waals surface area contributed by atoms with Crippen molar-refractivity contribution in [3.63, 3.8) is 0 Å². The minimum Gasteiger partial charge on any atom is -0.506 e. The minimum atomic E-state index is -0.942. The van der Waals surface area contributed by atoms with Crippen LogP contribution in [0.5, 0.6) is 5.75 Å². The molecule has 0 spiro atoms. The van der Waals surface area contributed by atoms with Crippen LogP contribution in [-0.2, 0) is 22.4 Å². The van der Waals surface area contributed by atoms with Crippen LogP contribution in [0.4, 0.5) is 0 Å². The molecule has 0 radical (unpaired) electrons. The van der Waals surface area contributed by atoms with Gasteiger partial charge in [-0.25, -0.2) is 4.79 Å². The lowest BCUT2D eigenvalue weighted by molar-refractivity contribution is -0.132. The number of nitrogens with one attached hydrogen (secondary N) is 2. The Morgan fingerprint density at radius 3 is 2.51 bits per heavy atom. The third-order valence-corrected chi connectivity index (χ3v) is 8.69. The fourth-order valence-corrected chi connectivity index (χ4v) is 5.90. The van der Waals surface area contributed by atoms with E-state index in [4.69, 9.17) is 21.4 Å². The Morgan fingerprint density at radius 1 is 1.02 bits per heavy atom. The van der Waals surface area contributed by atoms with E-state index in [0.717, 1.165) is 59.6 Å². The number of carboxylic acids is 1. The molecular formula is C34H44ClN5O6S. The molecule has 0 fully saturated rings. The lowest BCUT2D eigenvalue weighted by Crippen LogP contribution is -2.42. The zero-order valence-electron chi connectivity index (χ0n) is 26.9. The van der Waals surface area contributed by atoms with Crippen LogP contribution in [-0.4, -0.2) is 101 Å². The normalized spacial score (nSPS) is 11.0. The van der Waals surface area contributed by atoms with E-state index in [9.17, 15) is 19.5 Å². The predicted molar refractivity (Wildman–Crippen MR) is 187 cm³/mol. The summed E-state index contributed by atoms with van der Waals surface area (Å²) in [7, 11) is 0. The van der Waals surface area contributed by atoms with Crippen molar-refractivity contribution in [1.29, 1.82) is 0 Å². The summed E-state index contributed by atoms with van der Waals surface area (Å²) < 4.78 is 6.54. The maximum Gasteiger partial charge on any atom is 0.337 e. The smallest absolute Gasteiger partial charge is 0.337 e. The number of aromatic carboxylic acids is 1. The number of carbonyl (C=O) groups is 2. The summed E-state index contributed by atoms with van der Waals surface area (Å²) in [6, 6.07) is 14.3. The summed E-state index contributed by atoms with van der Waals surface area (Å²) in [6.45, 7) is 10.6. The maximum atomic E-state index is 13.0. The van der Waals surface area contributed by atoms with Gasteiger partial charge in [0.15, 0.2) is 0 Å². The number of likely N-dealkylation sites (N-methyl/N-ethyl adjacent to an activating group) is 1. The highest BCUT2D eigenvalue weighted by Crippen LogP contribution is 2.27. The van der Waals surface area contributed by atoms with Gasteiger partial charge in [-0.2, -0.15) is 0 Å². The van der Waals surface area contributed by atoms with Gasteiger partial charge < -0.3 is 35.1 Å². The minimum absolute atomic E-state index is 0.0888. The number of phenolic OH excluding ortho intramolecular Hbond substituents is 1. The molecule has 0 unspecified atom stereocenters. The Bertz CT molecular complexity index is 1590. The molecule has 2 heterocycles. The van der Waals surface area contributed by atoms with Gasteiger partial charge in [0.2, 0.25) is 5.91 Å². The van der Waals surface area contributed by atoms with Crippen LogP contribution in [0.3, 0.4) is 0 Å². The first-order valence-electron chi connectivity index (χ1n) is 15.7. The highest BCUT2D eigenvalue weighted by atomic mass is 35.5. The molecule has 0 aliphatic rings. The summed E-state index contributed by atoms with van der Waals surface area (Å²) in [5.41, 5.74) is 2.85. The zero-order chi connectivity index (χ0) is 34.0. The van der Waals surface area contributed by atoms with Crippen LogP contribution in [0.1, 0.15) is 41.8 Å². The number of rotatable bonds is 18. The van der Waals surface area contributed by atoms with Crippen LogP contribution in [0.2, 0.25) is 5.02 Å². The Hall–Kier alpha value is -3.81. The van der Waals surface area contributed by atoms with Gasteiger partial charge in [-0.15, -0.1) is 0 Å². The van der Waals surface area contributed by atoms with Crippen LogP contribution < -0.4 is 10.2 Å². The van der Waals surface area contributed by atoms with E-state index in [1.807, 2.05) is 35.2 Å². The van der Waals surface area contributed by atoms with E-state index in [0.29, 0.717) is 56.4 Å². The molecule has 0 atom stereocenters. The fourth-order valence-electron chi connectivity index (χ4n) is 4.79. The number of aromatic hydroxyl groups is 1. The van der Waals surface area contributed by atoms with Crippen LogP contribution in [0.25, 0.3) is 10.2 Å². The van der Waals surface area contributed by atoms with E-state index in [2.05, 4.69) is 34.0 Å². The number of phenols is 1. The topological polar surface area (TPSA) is 148 Å². The third kappa shape index (κ3) is 13.1. The molecule has 4 N–H and O–H groups in total. The number of aromatic amines is 1. The van der Waals surface area contributed by atoms with Crippen molar-refractivity contribution in [3.05, 3.63) is 92.3 Å². The molecule has 0 aliphatic heterocycles. The molecule has 0 saturated heterocycles. The molecular weight excluding hydrogens is 642 g/mol. The van der Waals surface area contributed by atoms with Crippen LogP contribution in [0.15, 0.2) is 65.7 Å². The van der Waals surface area contributed by atoms with Gasteiger partial charge in [0, 0.05) is 43.6 Å². The van der Waals surface area contributed by atoms with Crippen molar-refractivity contribution in [3.8, 4) is 5.75 Å². The van der Waals surface area contributed by atoms with E-state index in [-0.39, 0.29) is 22.1 Å². The van der Waals surface area contributed by atoms with Gasteiger partial charge in [0.05, 0.1) is 29.9 Å². The van der Waals surface area contributed by atoms with Crippen molar-refractivity contribution in [2.45, 2.75) is 33.1 Å². The van der Waals surface area contributed by atoms with Crippen molar-refractivity contribution >= 4 is 45.0 Å². The molecule has 4 aromatic rings. The summed E-state index contributed by atoms with van der Waals surface area (Å²) in [5, 5.41) is 22.5. The molecule has 11 nitrogen and oxygen atoms in total. The van der Waals surface area contributed by atoms with Gasteiger partial charge in [-0.05, 0) is 73.9 Å². The van der Waals surface area contributed by atoms with Gasteiger partial charge >= 0.3 is 10.8 Å². The van der Waals surface area contributed by atoms with Gasteiger partial charge in [-0.3, -0.25) is 14.6 Å². The average molecular weight is 686 g/mol. The Labute approximate surface area is 284 Å². The Balaban J connectivity index is 0.000000573. The number of carboxylic acid groups (broad SMARTS) is 1. The zero-order valence-corrected chi connectivity index (χ0v) is 28.5. The number of pyridine rings is 1. The van der Waals surface area contributed by atoms with Crippen molar-refractivity contribution in [2.75, 3.05) is 59.0 Å². The molecule has 0 saturated carbocycles. The summed E-state index contributed by atoms with van der Waals surface area (Å²) in [5.74, 6) is -0.756. The van der Waals surface area contributed by atoms with Gasteiger partial charge in [0.25, 0.3) is 0 Å². The number of aromatic nitrogens is 2. The predicted octanol–water partition coefficient (Wildman–Crippen LogP) is 4.68. The first-order valence-corrected chi connectivity index (χ1v) is 16.9. The first kappa shape index (κ1) is 37.6. The Morgan fingerprint density at radius 2 is 1.83 bits per heavy atom. The number of fused-ring (bicyclic) bond motifs is 1. The number of hydrogen-bond acceptors (Lipinski definition) is 9. The van der Waals surface area contributed by atoms with E-state index < -0.39 is 5.97 Å². The number of H-pyrrole nitrogens is 1. The quantitative estimate of drug-likeness (QED) is 0.110. The Kier molecular flexibility index (Phi) is 16.4. The molecule has 254 valence electrons. The highest BCUT2D eigenvalue weighted by molar-refractivity contribution is 7.16. The first-order chi connectivity index (χ1) is 22.7. The molecule has 0 aliphatic carbocycles. The second-order valence-corrected chi connectivity index (χ2v) is 12.1. The number of benzene rings is 2. The third-order valence-electron chi connectivity index (χ3n) is 7.49. The number of carbonyl (C=O) groups excluding carboxylic acids is 1. The molecule has 4 rings (SSSR count). The molecule has 0 bridgehead atoms. The van der Waals surface area contributed by atoms with Gasteiger partial charge in [0.1, 0.15) is 11.3 Å². The molecule has 2 aromatic carbocycles. The van der Waals surface area contributed by atoms with E-state index in [1.54, 1.807) is 12.1 Å². The molecule has 1 amide bonds. The molecule has 2 aromatic heterocycles. The van der Waals surface area contributed by atoms with Gasteiger partial charge in [-0.1, -0.05) is 55.0 Å². The fraction of sp³-hybridized carbons (Fsp3) is 0.412. The van der Waals surface area contributed by atoms with Crippen LogP contribution >= 0.6 is 22.9 Å². The SMILES string of the molecule is CCN(CC)CCN(CCNCCc1ccc(O)c2[nH]c(=O)sc12)C(=O)CCOCCc1cccc(Cl)c1.O=C(O)c1cccnc1. The van der Waals surface area contributed by atoms with E-state index >= 15 is 0 Å². The second-order valence-electron chi connectivity index (χ2n) is 10.7. The highest BCUT2D eigenvalue weighted by Gasteiger charge is 2.15. The van der Waals surface area contributed by atoms with Crippen LogP contribution in [0, 0.1) is 0 Å². The lowest BCUT2D eigenvalue weighted by Gasteiger charge is -2.27. The summed E-state index contributed by atoms with van der Waals surface area (Å²) in [6.07, 6.45) is 4.68. The maximum absolute atomic E-state index is 13.0. The second kappa shape index (κ2) is 20.4. The lowest BCUT2D eigenvalue weighted by atomic mass is 10.1. The van der Waals surface area contributed by atoms with Crippen molar-refractivity contribution in [2.24, 2.45) is 0 Å². The number of ether oxygens (including phenoxy) is 1. The number of thiazole rings is 1.